The van der Waals surface area contributed by atoms with Gasteiger partial charge in [-0.25, -0.2) is 28.7 Å². The van der Waals surface area contributed by atoms with Crippen LogP contribution in [-0.2, 0) is 11.3 Å². The fraction of sp³-hybridized carbons (Fsp3) is 0.370. The smallest absolute Gasteiger partial charge is 0.262 e. The quantitative estimate of drug-likeness (QED) is 0.363. The lowest BCUT2D eigenvalue weighted by Gasteiger charge is -2.13. The van der Waals surface area contributed by atoms with Crippen LogP contribution in [0.3, 0.4) is 0 Å². The molecule has 37 heavy (non-hydrogen) atoms. The minimum absolute atomic E-state index is 0.0822. The Morgan fingerprint density at radius 1 is 1.16 bits per heavy atom. The Morgan fingerprint density at radius 3 is 2.68 bits per heavy atom. The van der Waals surface area contributed by atoms with Gasteiger partial charge in [-0.05, 0) is 44.4 Å². The van der Waals surface area contributed by atoms with E-state index in [0.717, 1.165) is 11.4 Å². The van der Waals surface area contributed by atoms with E-state index in [1.54, 1.807) is 31.2 Å². The molecule has 0 spiro atoms. The predicted octanol–water partition coefficient (Wildman–Crippen LogP) is 6.28. The highest BCUT2D eigenvalue weighted by molar-refractivity contribution is 5.90. The van der Waals surface area contributed by atoms with Gasteiger partial charge in [0, 0.05) is 37.1 Å². The van der Waals surface area contributed by atoms with Gasteiger partial charge in [-0.15, -0.1) is 0 Å². The number of aromatic nitrogens is 4. The van der Waals surface area contributed by atoms with Gasteiger partial charge in [-0.3, -0.25) is 4.99 Å². The molecule has 0 saturated heterocycles. The number of hydrogen-bond donors (Lipinski definition) is 1. The Morgan fingerprint density at radius 2 is 1.97 bits per heavy atom. The number of rotatable bonds is 9. The summed E-state index contributed by atoms with van der Waals surface area (Å²) in [5.74, 6) is 2.52. The van der Waals surface area contributed by atoms with E-state index in [1.807, 2.05) is 19.9 Å². The van der Waals surface area contributed by atoms with E-state index in [9.17, 15) is 8.78 Å². The number of pyridine rings is 1. The first kappa shape index (κ1) is 26.3. The summed E-state index contributed by atoms with van der Waals surface area (Å²) in [6.07, 6.45) is 4.09. The largest absolute Gasteiger partial charge is 0.441 e. The van der Waals surface area contributed by atoms with E-state index in [-0.39, 0.29) is 24.3 Å². The van der Waals surface area contributed by atoms with Crippen LogP contribution >= 0.6 is 0 Å². The van der Waals surface area contributed by atoms with Crippen molar-refractivity contribution >= 4 is 34.8 Å². The topological polar surface area (TPSA) is 98.3 Å². The van der Waals surface area contributed by atoms with Crippen LogP contribution in [0.25, 0.3) is 22.8 Å². The average Bonchev–Trinajstić information content (AvgIpc) is 3.01. The third kappa shape index (κ3) is 6.51. The van der Waals surface area contributed by atoms with Crippen molar-refractivity contribution in [3.05, 3.63) is 64.4 Å². The van der Waals surface area contributed by atoms with Gasteiger partial charge < -0.3 is 14.5 Å². The summed E-state index contributed by atoms with van der Waals surface area (Å²) >= 11 is 0. The molecule has 3 aromatic rings. The van der Waals surface area contributed by atoms with Crippen molar-refractivity contribution in [2.45, 2.75) is 54.1 Å². The molecule has 1 aliphatic rings. The predicted molar refractivity (Wildman–Crippen MR) is 140 cm³/mol. The molecule has 0 atom stereocenters. The van der Waals surface area contributed by atoms with Gasteiger partial charge in [0.1, 0.15) is 12.4 Å². The second-order valence-corrected chi connectivity index (χ2v) is 9.18. The van der Waals surface area contributed by atoms with E-state index in [1.165, 1.54) is 6.21 Å². The molecule has 194 valence electrons. The van der Waals surface area contributed by atoms with Crippen molar-refractivity contribution in [3.63, 3.8) is 0 Å². The number of anilines is 1. The number of aryl methyl sites for hydroxylation is 2. The van der Waals surface area contributed by atoms with Gasteiger partial charge in [0.05, 0.1) is 22.5 Å². The molecule has 4 rings (SSSR count). The maximum atomic E-state index is 13.8. The molecule has 0 unspecified atom stereocenters. The molecular weight excluding hydrogens is 478 g/mol. The summed E-state index contributed by atoms with van der Waals surface area (Å²) in [6.45, 7) is 10.4. The van der Waals surface area contributed by atoms with Crippen LogP contribution < -0.4 is 5.32 Å². The summed E-state index contributed by atoms with van der Waals surface area (Å²) in [5, 5.41) is 3.93. The third-order valence-corrected chi connectivity index (χ3v) is 5.46. The Labute approximate surface area is 214 Å². The lowest BCUT2D eigenvalue weighted by atomic mass is 10.1. The van der Waals surface area contributed by atoms with Gasteiger partial charge in [-0.2, -0.15) is 0 Å². The van der Waals surface area contributed by atoms with Crippen LogP contribution in [0.2, 0.25) is 0 Å². The number of alkyl halides is 2. The standard InChI is InChI=1S/C27H30F2N6O2/c1-15(2)13-36-14-23-34-26(31-16(3)12-22-17(4)32-18(5)37-22)20-9-10-21(33-27(20)35-23)24-19(25(28)29)8-6-7-11-30-24/h6-7,9-12,15,25H,8,13-14H2,1-5H3,(H,31,33,34,35)/b16-12+. The highest BCUT2D eigenvalue weighted by Crippen LogP contribution is 2.30. The highest BCUT2D eigenvalue weighted by Gasteiger charge is 2.20. The molecule has 0 aromatic carbocycles. The number of aliphatic imine (C=N–C) groups is 1. The van der Waals surface area contributed by atoms with Crippen LogP contribution in [0.15, 0.2) is 45.0 Å². The first-order valence-electron chi connectivity index (χ1n) is 12.1. The molecule has 1 aliphatic heterocycles. The molecule has 0 bridgehead atoms. The fourth-order valence-electron chi connectivity index (χ4n) is 3.81. The van der Waals surface area contributed by atoms with Gasteiger partial charge in [0.25, 0.3) is 6.43 Å². The van der Waals surface area contributed by atoms with Crippen molar-refractivity contribution in [3.8, 4) is 0 Å². The van der Waals surface area contributed by atoms with E-state index in [0.29, 0.717) is 52.5 Å². The molecule has 4 heterocycles. The van der Waals surface area contributed by atoms with Crippen molar-refractivity contribution in [1.29, 1.82) is 0 Å². The molecule has 3 aromatic heterocycles. The number of hydrogen-bond acceptors (Lipinski definition) is 8. The van der Waals surface area contributed by atoms with Crippen LogP contribution in [0, 0.1) is 19.8 Å². The Kier molecular flexibility index (Phi) is 8.17. The zero-order valence-corrected chi connectivity index (χ0v) is 21.5. The van der Waals surface area contributed by atoms with Gasteiger partial charge in [0.2, 0.25) is 0 Å². The maximum absolute atomic E-state index is 13.8. The number of fused-ring (bicyclic) bond motifs is 1. The minimum Gasteiger partial charge on any atom is -0.441 e. The summed E-state index contributed by atoms with van der Waals surface area (Å²) < 4.78 is 39.0. The summed E-state index contributed by atoms with van der Waals surface area (Å²) in [5.41, 5.74) is 2.29. The normalized spacial score (nSPS) is 14.4. The number of nitrogens with zero attached hydrogens (tertiary/aromatic N) is 5. The average molecular weight is 509 g/mol. The van der Waals surface area contributed by atoms with Crippen molar-refractivity contribution in [1.82, 2.24) is 19.9 Å². The number of oxazole rings is 1. The van der Waals surface area contributed by atoms with Gasteiger partial charge in [0.15, 0.2) is 23.1 Å². The SMILES string of the molecule is C/C(=C\c1oc(C)nc1C)Nc1nc(COCC(C)C)nc2nc(C3=C(C(F)F)CC=CC=N3)ccc12. The zero-order chi connectivity index (χ0) is 26.5. The number of halogens is 2. The summed E-state index contributed by atoms with van der Waals surface area (Å²) in [6, 6.07) is 3.43. The first-order valence-corrected chi connectivity index (χ1v) is 12.1. The molecule has 0 amide bonds. The monoisotopic (exact) mass is 508 g/mol. The molecule has 8 nitrogen and oxygen atoms in total. The Hall–Kier alpha value is -3.79. The molecule has 10 heteroatoms. The third-order valence-electron chi connectivity index (χ3n) is 5.46. The van der Waals surface area contributed by atoms with Gasteiger partial charge in [-0.1, -0.05) is 19.9 Å². The second-order valence-electron chi connectivity index (χ2n) is 9.18. The molecular formula is C27H30F2N6O2. The lowest BCUT2D eigenvalue weighted by molar-refractivity contribution is 0.0925. The Balaban J connectivity index is 1.76. The second kappa shape index (κ2) is 11.5. The van der Waals surface area contributed by atoms with Crippen LogP contribution in [0.4, 0.5) is 14.6 Å². The van der Waals surface area contributed by atoms with E-state index in [4.69, 9.17) is 9.15 Å². The van der Waals surface area contributed by atoms with Crippen LogP contribution in [0.5, 0.6) is 0 Å². The zero-order valence-electron chi connectivity index (χ0n) is 21.5. The fourth-order valence-corrected chi connectivity index (χ4v) is 3.81. The van der Waals surface area contributed by atoms with Gasteiger partial charge >= 0.3 is 0 Å². The molecule has 1 N–H and O–H groups in total. The van der Waals surface area contributed by atoms with E-state index < -0.39 is 6.43 Å². The number of nitrogens with one attached hydrogen (secondary N) is 1. The van der Waals surface area contributed by atoms with Crippen molar-refractivity contribution in [2.75, 3.05) is 11.9 Å². The summed E-state index contributed by atoms with van der Waals surface area (Å²) in [4.78, 5) is 22.4. The van der Waals surface area contributed by atoms with Crippen molar-refractivity contribution < 1.29 is 17.9 Å². The van der Waals surface area contributed by atoms with E-state index >= 15 is 0 Å². The molecule has 0 aliphatic carbocycles. The number of ether oxygens (including phenoxy) is 1. The molecule has 0 radical (unpaired) electrons. The first-order chi connectivity index (χ1) is 17.7. The minimum atomic E-state index is -2.65. The maximum Gasteiger partial charge on any atom is 0.262 e. The van der Waals surface area contributed by atoms with Crippen LogP contribution in [0.1, 0.15) is 56.1 Å². The lowest BCUT2D eigenvalue weighted by Crippen LogP contribution is -2.09. The summed E-state index contributed by atoms with van der Waals surface area (Å²) in [7, 11) is 0. The van der Waals surface area contributed by atoms with Crippen LogP contribution in [-0.4, -0.2) is 39.2 Å². The molecule has 0 fully saturated rings. The van der Waals surface area contributed by atoms with E-state index in [2.05, 4.69) is 44.1 Å². The number of allylic oxidation sites excluding steroid dienone is 4. The highest BCUT2D eigenvalue weighted by atomic mass is 19.3. The van der Waals surface area contributed by atoms with Crippen molar-refractivity contribution in [2.24, 2.45) is 10.9 Å². The Bertz CT molecular complexity index is 1410. The molecule has 0 saturated carbocycles.